The van der Waals surface area contributed by atoms with Crippen LogP contribution in [0.2, 0.25) is 5.02 Å². The molecule has 29 heavy (non-hydrogen) atoms. The van der Waals surface area contributed by atoms with Crippen molar-refractivity contribution in [3.05, 3.63) is 40.5 Å². The number of rotatable bonds is 4. The van der Waals surface area contributed by atoms with E-state index >= 15 is 0 Å². The van der Waals surface area contributed by atoms with Gasteiger partial charge < -0.3 is 5.32 Å². The maximum atomic E-state index is 13.0. The maximum Gasteiger partial charge on any atom is 0.256 e. The number of nitrogens with one attached hydrogen (secondary N) is 1. The third-order valence-electron chi connectivity index (χ3n) is 4.83. The minimum absolute atomic E-state index is 0.0331. The zero-order valence-electron chi connectivity index (χ0n) is 17.2. The summed E-state index contributed by atoms with van der Waals surface area (Å²) in [6, 6.07) is 6.12. The van der Waals surface area contributed by atoms with Crippen molar-refractivity contribution in [3.63, 3.8) is 0 Å². The molecule has 1 saturated heterocycles. The molecular formula is C20H27ClN4O3S. The van der Waals surface area contributed by atoms with Crippen LogP contribution in [0.1, 0.15) is 56.1 Å². The first-order valence-corrected chi connectivity index (χ1v) is 11.5. The summed E-state index contributed by atoms with van der Waals surface area (Å²) in [6.07, 6.45) is 2.67. The average molecular weight is 439 g/mol. The summed E-state index contributed by atoms with van der Waals surface area (Å²) in [6.45, 7) is 8.75. The predicted octanol–water partition coefficient (Wildman–Crippen LogP) is 4.03. The molecule has 9 heteroatoms. The van der Waals surface area contributed by atoms with Gasteiger partial charge in [-0.1, -0.05) is 18.0 Å². The van der Waals surface area contributed by atoms with Crippen molar-refractivity contribution in [3.8, 4) is 0 Å². The van der Waals surface area contributed by atoms with Gasteiger partial charge >= 0.3 is 0 Å². The molecule has 1 aromatic heterocycles. The van der Waals surface area contributed by atoms with Crippen LogP contribution in [0.15, 0.2) is 29.2 Å². The van der Waals surface area contributed by atoms with Crippen LogP contribution in [0.4, 0.5) is 5.82 Å². The zero-order valence-corrected chi connectivity index (χ0v) is 18.8. The third kappa shape index (κ3) is 4.65. The number of amides is 1. The third-order valence-corrected chi connectivity index (χ3v) is 7.21. The lowest BCUT2D eigenvalue weighted by atomic mass is 10.1. The SMILES string of the molecule is Cc1cc(NC(=O)c2ccc(Cl)c(S(=O)(=O)N3CCCCC3)c2)n(C(C)(C)C)n1. The van der Waals surface area contributed by atoms with E-state index < -0.39 is 15.9 Å². The molecule has 1 fully saturated rings. The Labute approximate surface area is 177 Å². The first-order chi connectivity index (χ1) is 13.5. The zero-order chi connectivity index (χ0) is 21.4. The molecule has 1 aliphatic heterocycles. The van der Waals surface area contributed by atoms with E-state index in [0.29, 0.717) is 18.9 Å². The molecule has 0 saturated carbocycles. The number of aromatic nitrogens is 2. The Morgan fingerprint density at radius 3 is 2.41 bits per heavy atom. The number of halogens is 1. The van der Waals surface area contributed by atoms with Crippen LogP contribution in [-0.4, -0.2) is 41.5 Å². The highest BCUT2D eigenvalue weighted by Crippen LogP contribution is 2.28. The summed E-state index contributed by atoms with van der Waals surface area (Å²) in [4.78, 5) is 12.8. The number of hydrogen-bond donors (Lipinski definition) is 1. The second kappa shape index (κ2) is 8.08. The van der Waals surface area contributed by atoms with Crippen LogP contribution < -0.4 is 5.32 Å². The molecule has 0 atom stereocenters. The normalized spacial score (nSPS) is 16.0. The molecule has 1 N–H and O–H groups in total. The largest absolute Gasteiger partial charge is 0.307 e. The van der Waals surface area contributed by atoms with E-state index in [4.69, 9.17) is 11.6 Å². The molecule has 0 radical (unpaired) electrons. The predicted molar refractivity (Wildman–Crippen MR) is 114 cm³/mol. The molecule has 0 unspecified atom stereocenters. The van der Waals surface area contributed by atoms with E-state index in [1.807, 2.05) is 27.7 Å². The van der Waals surface area contributed by atoms with E-state index in [1.54, 1.807) is 10.7 Å². The van der Waals surface area contributed by atoms with Gasteiger partial charge in [0.05, 0.1) is 16.3 Å². The number of benzene rings is 1. The minimum Gasteiger partial charge on any atom is -0.307 e. The van der Waals surface area contributed by atoms with E-state index in [-0.39, 0.29) is 21.0 Å². The van der Waals surface area contributed by atoms with Crippen molar-refractivity contribution in [2.45, 2.75) is 57.4 Å². The summed E-state index contributed by atoms with van der Waals surface area (Å²) in [7, 11) is -3.75. The highest BCUT2D eigenvalue weighted by atomic mass is 35.5. The fourth-order valence-electron chi connectivity index (χ4n) is 3.37. The monoisotopic (exact) mass is 438 g/mol. The molecule has 1 aromatic carbocycles. The molecular weight excluding hydrogens is 412 g/mol. The van der Waals surface area contributed by atoms with E-state index in [1.165, 1.54) is 22.5 Å². The van der Waals surface area contributed by atoms with Crippen LogP contribution >= 0.6 is 11.6 Å². The van der Waals surface area contributed by atoms with Crippen LogP contribution in [0.3, 0.4) is 0 Å². The molecule has 2 heterocycles. The molecule has 3 rings (SSSR count). The number of sulfonamides is 1. The maximum absolute atomic E-state index is 13.0. The number of carbonyl (C=O) groups excluding carboxylic acids is 1. The minimum atomic E-state index is -3.75. The number of anilines is 1. The first kappa shape index (κ1) is 21.8. The van der Waals surface area contributed by atoms with Gasteiger partial charge in [0.15, 0.2) is 0 Å². The molecule has 158 valence electrons. The fourth-order valence-corrected chi connectivity index (χ4v) is 5.39. The van der Waals surface area contributed by atoms with Gasteiger partial charge in [0.25, 0.3) is 5.91 Å². The number of piperidine rings is 1. The number of nitrogens with zero attached hydrogens (tertiary/aromatic N) is 3. The summed E-state index contributed by atoms with van der Waals surface area (Å²) < 4.78 is 29.2. The first-order valence-electron chi connectivity index (χ1n) is 9.68. The van der Waals surface area contributed by atoms with Crippen LogP contribution in [0.25, 0.3) is 0 Å². The molecule has 1 amide bonds. The summed E-state index contributed by atoms with van der Waals surface area (Å²) in [5, 5.41) is 7.39. The van der Waals surface area contributed by atoms with Crippen LogP contribution in [-0.2, 0) is 15.6 Å². The van der Waals surface area contributed by atoms with Crippen molar-refractivity contribution >= 4 is 33.3 Å². The summed E-state index contributed by atoms with van der Waals surface area (Å²) in [5.74, 6) is 0.137. The van der Waals surface area contributed by atoms with Crippen molar-refractivity contribution in [1.82, 2.24) is 14.1 Å². The van der Waals surface area contributed by atoms with Gasteiger partial charge in [-0.25, -0.2) is 13.1 Å². The molecule has 0 aliphatic carbocycles. The Kier molecular flexibility index (Phi) is 6.08. The van der Waals surface area contributed by atoms with Gasteiger partial charge in [-0.2, -0.15) is 9.40 Å². The van der Waals surface area contributed by atoms with Crippen LogP contribution in [0, 0.1) is 6.92 Å². The van der Waals surface area contributed by atoms with Crippen LogP contribution in [0.5, 0.6) is 0 Å². The second-order valence-electron chi connectivity index (χ2n) is 8.32. The quantitative estimate of drug-likeness (QED) is 0.781. The molecule has 2 aromatic rings. The Morgan fingerprint density at radius 2 is 1.79 bits per heavy atom. The highest BCUT2D eigenvalue weighted by molar-refractivity contribution is 7.89. The highest BCUT2D eigenvalue weighted by Gasteiger charge is 2.29. The lowest BCUT2D eigenvalue weighted by molar-refractivity contribution is 0.102. The van der Waals surface area contributed by atoms with Gasteiger partial charge in [-0.15, -0.1) is 0 Å². The summed E-state index contributed by atoms with van der Waals surface area (Å²) >= 11 is 6.20. The lowest BCUT2D eigenvalue weighted by Gasteiger charge is -2.26. The van der Waals surface area contributed by atoms with Gasteiger partial charge in [0.1, 0.15) is 10.7 Å². The molecule has 1 aliphatic rings. The number of hydrogen-bond acceptors (Lipinski definition) is 4. The van der Waals surface area contributed by atoms with Crippen molar-refractivity contribution in [2.75, 3.05) is 18.4 Å². The van der Waals surface area contributed by atoms with Gasteiger partial charge in [-0.3, -0.25) is 4.79 Å². The topological polar surface area (TPSA) is 84.3 Å². The second-order valence-corrected chi connectivity index (χ2v) is 10.6. The van der Waals surface area contributed by atoms with E-state index in [9.17, 15) is 13.2 Å². The van der Waals surface area contributed by atoms with Crippen molar-refractivity contribution in [1.29, 1.82) is 0 Å². The Bertz CT molecular complexity index is 1020. The van der Waals surface area contributed by atoms with Crippen molar-refractivity contribution in [2.24, 2.45) is 0 Å². The summed E-state index contributed by atoms with van der Waals surface area (Å²) in [5.41, 5.74) is 0.684. The van der Waals surface area contributed by atoms with E-state index in [2.05, 4.69) is 10.4 Å². The van der Waals surface area contributed by atoms with Gasteiger partial charge in [-0.05, 0) is 58.7 Å². The van der Waals surface area contributed by atoms with Gasteiger partial charge in [0.2, 0.25) is 10.0 Å². The lowest BCUT2D eigenvalue weighted by Crippen LogP contribution is -2.35. The molecule has 0 spiro atoms. The smallest absolute Gasteiger partial charge is 0.256 e. The Morgan fingerprint density at radius 1 is 1.14 bits per heavy atom. The average Bonchev–Trinajstić information content (AvgIpc) is 3.03. The Balaban J connectivity index is 1.91. The van der Waals surface area contributed by atoms with Gasteiger partial charge in [0, 0.05) is 24.7 Å². The molecule has 7 nitrogen and oxygen atoms in total. The standard InChI is InChI=1S/C20H27ClN4O3S/c1-14-12-18(25(23-14)20(2,3)4)22-19(26)15-8-9-16(21)17(13-15)29(27,28)24-10-6-5-7-11-24/h8-9,12-13H,5-7,10-11H2,1-4H3,(H,22,26). The molecule has 0 bridgehead atoms. The number of carbonyl (C=O) groups is 1. The number of aryl methyl sites for hydroxylation is 1. The van der Waals surface area contributed by atoms with Crippen molar-refractivity contribution < 1.29 is 13.2 Å². The fraction of sp³-hybridized carbons (Fsp3) is 0.500. The van der Waals surface area contributed by atoms with E-state index in [0.717, 1.165) is 25.0 Å². The Hall–Kier alpha value is -1.90.